The Hall–Kier alpha value is -1.16. The number of rotatable bonds is 3. The summed E-state index contributed by atoms with van der Waals surface area (Å²) in [6, 6.07) is 0. The molecule has 0 atom stereocenters. The molecule has 0 fully saturated rings. The first-order chi connectivity index (χ1) is 7.58. The van der Waals surface area contributed by atoms with Gasteiger partial charge in [0.2, 0.25) is 0 Å². The molecule has 0 aliphatic rings. The number of carbonyl (C=O) groups excluding carboxylic acids is 1. The van der Waals surface area contributed by atoms with Gasteiger partial charge in [-0.3, -0.25) is 0 Å². The SMILES string of the molecule is CC.Cc1nc(/C=C/C(=O)OC(C)C)cs1. The van der Waals surface area contributed by atoms with E-state index in [1.807, 2.05) is 40.0 Å². The maximum absolute atomic E-state index is 11.1. The average molecular weight is 241 g/mol. The minimum Gasteiger partial charge on any atom is -0.460 e. The average Bonchev–Trinajstić information content (AvgIpc) is 2.63. The van der Waals surface area contributed by atoms with Crippen LogP contribution in [0.25, 0.3) is 6.08 Å². The molecule has 0 N–H and O–H groups in total. The molecule has 3 nitrogen and oxygen atoms in total. The standard InChI is InChI=1S/C10H13NO2S.C2H6/c1-7(2)13-10(12)5-4-9-6-14-8(3)11-9;1-2/h4-7H,1-3H3;1-2H3/b5-4+;. The second-order valence-corrected chi connectivity index (χ2v) is 4.17. The molecule has 0 aliphatic heterocycles. The van der Waals surface area contributed by atoms with Crippen molar-refractivity contribution in [2.45, 2.75) is 40.7 Å². The van der Waals surface area contributed by atoms with Crippen LogP contribution < -0.4 is 0 Å². The molecule has 4 heteroatoms. The number of thiazole rings is 1. The van der Waals surface area contributed by atoms with Crippen LogP contribution >= 0.6 is 11.3 Å². The molecule has 0 aliphatic carbocycles. The summed E-state index contributed by atoms with van der Waals surface area (Å²) in [7, 11) is 0. The number of carbonyl (C=O) groups is 1. The second kappa shape index (κ2) is 8.05. The Balaban J connectivity index is 0.00000106. The lowest BCUT2D eigenvalue weighted by atomic mass is 10.4. The Kier molecular flexibility index (Phi) is 7.46. The number of nitrogens with zero attached hydrogens (tertiary/aromatic N) is 1. The first kappa shape index (κ1) is 14.8. The van der Waals surface area contributed by atoms with Crippen LogP contribution in [-0.2, 0) is 9.53 Å². The van der Waals surface area contributed by atoms with Gasteiger partial charge in [-0.1, -0.05) is 13.8 Å². The Bertz CT molecular complexity index is 343. The molecule has 0 saturated carbocycles. The van der Waals surface area contributed by atoms with Crippen molar-refractivity contribution in [3.8, 4) is 0 Å². The number of ether oxygens (including phenoxy) is 1. The predicted octanol–water partition coefficient (Wildman–Crippen LogP) is 3.44. The van der Waals surface area contributed by atoms with E-state index in [1.54, 1.807) is 17.4 Å². The summed E-state index contributed by atoms with van der Waals surface area (Å²) >= 11 is 1.56. The highest BCUT2D eigenvalue weighted by molar-refractivity contribution is 7.09. The van der Waals surface area contributed by atoms with E-state index in [0.29, 0.717) is 0 Å². The number of aryl methyl sites for hydroxylation is 1. The zero-order valence-electron chi connectivity index (χ0n) is 10.5. The summed E-state index contributed by atoms with van der Waals surface area (Å²) in [4.78, 5) is 15.3. The normalized spacial score (nSPS) is 10.1. The molecule has 16 heavy (non-hydrogen) atoms. The quantitative estimate of drug-likeness (QED) is 0.601. The monoisotopic (exact) mass is 241 g/mol. The summed E-state index contributed by atoms with van der Waals surface area (Å²) in [6.45, 7) is 9.56. The molecule has 0 aromatic carbocycles. The predicted molar refractivity (Wildman–Crippen MR) is 68.5 cm³/mol. The fraction of sp³-hybridized carbons (Fsp3) is 0.500. The fourth-order valence-electron chi connectivity index (χ4n) is 0.882. The van der Waals surface area contributed by atoms with E-state index in [9.17, 15) is 4.79 Å². The molecular formula is C12H19NO2S. The molecule has 0 unspecified atom stereocenters. The van der Waals surface area contributed by atoms with Gasteiger partial charge in [0.25, 0.3) is 0 Å². The van der Waals surface area contributed by atoms with E-state index >= 15 is 0 Å². The third-order valence-electron chi connectivity index (χ3n) is 1.38. The van der Waals surface area contributed by atoms with Crippen molar-refractivity contribution in [2.24, 2.45) is 0 Å². The van der Waals surface area contributed by atoms with Crippen molar-refractivity contribution in [3.63, 3.8) is 0 Å². The highest BCUT2D eigenvalue weighted by atomic mass is 32.1. The van der Waals surface area contributed by atoms with Gasteiger partial charge in [-0.25, -0.2) is 9.78 Å². The summed E-state index contributed by atoms with van der Waals surface area (Å²) in [5.74, 6) is -0.328. The first-order valence-corrected chi connectivity index (χ1v) is 6.26. The van der Waals surface area contributed by atoms with Crippen LogP contribution in [0.4, 0.5) is 0 Å². The van der Waals surface area contributed by atoms with Crippen LogP contribution in [0.15, 0.2) is 11.5 Å². The highest BCUT2D eigenvalue weighted by Crippen LogP contribution is 2.09. The van der Waals surface area contributed by atoms with Crippen molar-refractivity contribution >= 4 is 23.4 Å². The Morgan fingerprint density at radius 2 is 2.12 bits per heavy atom. The van der Waals surface area contributed by atoms with Gasteiger partial charge in [-0.2, -0.15) is 0 Å². The van der Waals surface area contributed by atoms with Crippen molar-refractivity contribution in [2.75, 3.05) is 0 Å². The molecule has 1 heterocycles. The maximum atomic E-state index is 11.1. The second-order valence-electron chi connectivity index (χ2n) is 3.11. The fourth-order valence-corrected chi connectivity index (χ4v) is 1.46. The maximum Gasteiger partial charge on any atom is 0.331 e. The van der Waals surface area contributed by atoms with Crippen molar-refractivity contribution in [3.05, 3.63) is 22.2 Å². The molecular weight excluding hydrogens is 222 g/mol. The lowest BCUT2D eigenvalue weighted by Crippen LogP contribution is -2.08. The van der Waals surface area contributed by atoms with Gasteiger partial charge in [0.05, 0.1) is 16.8 Å². The van der Waals surface area contributed by atoms with Crippen LogP contribution in [0.1, 0.15) is 38.4 Å². The summed E-state index contributed by atoms with van der Waals surface area (Å²) in [5, 5.41) is 2.89. The minimum atomic E-state index is -0.328. The molecule has 1 aromatic rings. The number of esters is 1. The van der Waals surface area contributed by atoms with Gasteiger partial charge in [0, 0.05) is 11.5 Å². The van der Waals surface area contributed by atoms with Crippen LogP contribution in [0.3, 0.4) is 0 Å². The summed E-state index contributed by atoms with van der Waals surface area (Å²) < 4.78 is 4.93. The van der Waals surface area contributed by atoms with Gasteiger partial charge < -0.3 is 4.74 Å². The van der Waals surface area contributed by atoms with E-state index in [-0.39, 0.29) is 12.1 Å². The van der Waals surface area contributed by atoms with Gasteiger partial charge in [0.15, 0.2) is 0 Å². The topological polar surface area (TPSA) is 39.2 Å². The molecule has 1 aromatic heterocycles. The third-order valence-corrected chi connectivity index (χ3v) is 2.17. The number of aromatic nitrogens is 1. The Morgan fingerprint density at radius 3 is 2.56 bits per heavy atom. The number of hydrogen-bond acceptors (Lipinski definition) is 4. The lowest BCUT2D eigenvalue weighted by molar-refractivity contribution is -0.141. The van der Waals surface area contributed by atoms with Gasteiger partial charge in [-0.05, 0) is 26.8 Å². The van der Waals surface area contributed by atoms with Gasteiger partial charge in [0.1, 0.15) is 0 Å². The molecule has 1 rings (SSSR count). The lowest BCUT2D eigenvalue weighted by Gasteiger charge is -2.03. The molecule has 0 bridgehead atoms. The Labute approximate surface area is 101 Å². The number of hydrogen-bond donors (Lipinski definition) is 0. The van der Waals surface area contributed by atoms with Crippen molar-refractivity contribution < 1.29 is 9.53 Å². The molecule has 0 amide bonds. The van der Waals surface area contributed by atoms with Crippen molar-refractivity contribution in [1.29, 1.82) is 0 Å². The molecule has 0 radical (unpaired) electrons. The van der Waals surface area contributed by atoms with E-state index in [1.165, 1.54) is 6.08 Å². The van der Waals surface area contributed by atoms with Crippen molar-refractivity contribution in [1.82, 2.24) is 4.98 Å². The van der Waals surface area contributed by atoms with Gasteiger partial charge >= 0.3 is 5.97 Å². The summed E-state index contributed by atoms with van der Waals surface area (Å²) in [5.41, 5.74) is 0.799. The van der Waals surface area contributed by atoms with Crippen LogP contribution in [0.5, 0.6) is 0 Å². The van der Waals surface area contributed by atoms with Gasteiger partial charge in [-0.15, -0.1) is 11.3 Å². The van der Waals surface area contributed by atoms with Crippen LogP contribution in [0, 0.1) is 6.92 Å². The Morgan fingerprint density at radius 1 is 1.50 bits per heavy atom. The van der Waals surface area contributed by atoms with E-state index in [0.717, 1.165) is 10.7 Å². The third kappa shape index (κ3) is 6.35. The molecule has 0 saturated heterocycles. The largest absolute Gasteiger partial charge is 0.460 e. The first-order valence-electron chi connectivity index (χ1n) is 5.39. The molecule has 0 spiro atoms. The smallest absolute Gasteiger partial charge is 0.331 e. The summed E-state index contributed by atoms with van der Waals surface area (Å²) in [6.07, 6.45) is 2.98. The minimum absolute atomic E-state index is 0.0793. The van der Waals surface area contributed by atoms with E-state index in [4.69, 9.17) is 4.74 Å². The zero-order valence-corrected chi connectivity index (χ0v) is 11.3. The highest BCUT2D eigenvalue weighted by Gasteiger charge is 2.00. The van der Waals surface area contributed by atoms with E-state index < -0.39 is 0 Å². The van der Waals surface area contributed by atoms with Crippen LogP contribution in [0.2, 0.25) is 0 Å². The van der Waals surface area contributed by atoms with E-state index in [2.05, 4.69) is 4.98 Å². The molecule has 90 valence electrons. The zero-order chi connectivity index (χ0) is 12.6. The van der Waals surface area contributed by atoms with Crippen LogP contribution in [-0.4, -0.2) is 17.1 Å².